The molecule has 0 fully saturated rings. The molecule has 0 aliphatic heterocycles. The summed E-state index contributed by atoms with van der Waals surface area (Å²) in [6.45, 7) is 0. The monoisotopic (exact) mass is 317 g/mol. The van der Waals surface area contributed by atoms with Crippen LogP contribution in [0.15, 0.2) is 54.9 Å². The number of aromatic nitrogens is 1. The number of aliphatic hydroxyl groups is 1. The fourth-order valence-corrected chi connectivity index (χ4v) is 3.02. The van der Waals surface area contributed by atoms with Gasteiger partial charge in [0.05, 0.1) is 6.10 Å². The fraction of sp³-hybridized carbons (Fsp3) is 0.118. The van der Waals surface area contributed by atoms with Crippen molar-refractivity contribution in [3.8, 4) is 0 Å². The zero-order chi connectivity index (χ0) is 14.8. The van der Waals surface area contributed by atoms with E-state index in [1.165, 1.54) is 0 Å². The molecular weight excluding hydrogens is 305 g/mol. The average molecular weight is 318 g/mol. The van der Waals surface area contributed by atoms with E-state index in [2.05, 4.69) is 4.98 Å². The molecule has 4 heteroatoms. The summed E-state index contributed by atoms with van der Waals surface area (Å²) < 4.78 is 0. The van der Waals surface area contributed by atoms with Crippen molar-refractivity contribution >= 4 is 34.0 Å². The Balaban J connectivity index is 2.00. The van der Waals surface area contributed by atoms with Gasteiger partial charge in [0.25, 0.3) is 0 Å². The van der Waals surface area contributed by atoms with E-state index in [4.69, 9.17) is 23.2 Å². The molecule has 2 aromatic carbocycles. The highest BCUT2D eigenvalue weighted by molar-refractivity contribution is 6.36. The van der Waals surface area contributed by atoms with E-state index in [0.717, 1.165) is 21.9 Å². The minimum absolute atomic E-state index is 0.375. The lowest BCUT2D eigenvalue weighted by Crippen LogP contribution is -2.04. The summed E-state index contributed by atoms with van der Waals surface area (Å²) >= 11 is 12.3. The summed E-state index contributed by atoms with van der Waals surface area (Å²) in [6, 6.07) is 13.1. The van der Waals surface area contributed by atoms with Gasteiger partial charge in [0, 0.05) is 34.2 Å². The van der Waals surface area contributed by atoms with Crippen LogP contribution in [0.25, 0.3) is 10.8 Å². The summed E-state index contributed by atoms with van der Waals surface area (Å²) in [5.41, 5.74) is 1.62. The number of nitrogens with zero attached hydrogens (tertiary/aromatic N) is 1. The van der Waals surface area contributed by atoms with Crippen molar-refractivity contribution in [2.45, 2.75) is 12.5 Å². The number of fused-ring (bicyclic) bond motifs is 1. The molecule has 1 aromatic heterocycles. The van der Waals surface area contributed by atoms with Crippen LogP contribution in [0.4, 0.5) is 0 Å². The summed E-state index contributed by atoms with van der Waals surface area (Å²) in [4.78, 5) is 4.10. The van der Waals surface area contributed by atoms with Crippen molar-refractivity contribution in [3.05, 3.63) is 76.0 Å². The smallest absolute Gasteiger partial charge is 0.0837 e. The molecule has 106 valence electrons. The Hall–Kier alpha value is -1.61. The van der Waals surface area contributed by atoms with Gasteiger partial charge in [-0.15, -0.1) is 0 Å². The number of pyridine rings is 1. The Labute approximate surface area is 133 Å². The third-order valence-corrected chi connectivity index (χ3v) is 4.24. The first-order valence-electron chi connectivity index (χ1n) is 6.60. The predicted octanol–water partition coefficient (Wildman–Crippen LogP) is 4.82. The van der Waals surface area contributed by atoms with Crippen LogP contribution >= 0.6 is 23.2 Å². The van der Waals surface area contributed by atoms with Crippen LogP contribution in [0.3, 0.4) is 0 Å². The second kappa shape index (κ2) is 6.02. The normalized spacial score (nSPS) is 12.5. The van der Waals surface area contributed by atoms with Crippen molar-refractivity contribution in [3.63, 3.8) is 0 Å². The van der Waals surface area contributed by atoms with Crippen LogP contribution in [-0.2, 0) is 6.42 Å². The van der Waals surface area contributed by atoms with E-state index in [-0.39, 0.29) is 0 Å². The maximum Gasteiger partial charge on any atom is 0.0837 e. The molecule has 3 rings (SSSR count). The van der Waals surface area contributed by atoms with Gasteiger partial charge in [-0.2, -0.15) is 0 Å². The van der Waals surface area contributed by atoms with Crippen molar-refractivity contribution in [2.75, 3.05) is 0 Å². The highest BCUT2D eigenvalue weighted by Gasteiger charge is 2.15. The standard InChI is InChI=1S/C17H13Cl2NO/c18-15-5-2-6-16(19)14(15)9-17(21)13-4-1-3-11-10-20-8-7-12(11)13/h1-8,10,17,21H,9H2. The molecule has 21 heavy (non-hydrogen) atoms. The van der Waals surface area contributed by atoms with Crippen LogP contribution in [-0.4, -0.2) is 10.1 Å². The van der Waals surface area contributed by atoms with E-state index < -0.39 is 6.10 Å². The highest BCUT2D eigenvalue weighted by atomic mass is 35.5. The fourth-order valence-electron chi connectivity index (χ4n) is 2.47. The van der Waals surface area contributed by atoms with Gasteiger partial charge >= 0.3 is 0 Å². The molecule has 3 aromatic rings. The molecule has 1 N–H and O–H groups in total. The third-order valence-electron chi connectivity index (χ3n) is 3.53. The molecule has 2 nitrogen and oxygen atoms in total. The minimum atomic E-state index is -0.673. The topological polar surface area (TPSA) is 33.1 Å². The van der Waals surface area contributed by atoms with Crippen LogP contribution in [0.2, 0.25) is 10.0 Å². The molecule has 1 unspecified atom stereocenters. The van der Waals surface area contributed by atoms with Gasteiger partial charge in [-0.05, 0) is 34.7 Å². The van der Waals surface area contributed by atoms with Gasteiger partial charge in [-0.1, -0.05) is 47.5 Å². The van der Waals surface area contributed by atoms with Crippen LogP contribution in [0, 0.1) is 0 Å². The second-order valence-electron chi connectivity index (χ2n) is 4.86. The first-order valence-corrected chi connectivity index (χ1v) is 7.36. The largest absolute Gasteiger partial charge is 0.388 e. The zero-order valence-corrected chi connectivity index (χ0v) is 12.6. The maximum atomic E-state index is 10.6. The number of halogens is 2. The summed E-state index contributed by atoms with van der Waals surface area (Å²) in [5, 5.41) is 13.7. The molecule has 0 amide bonds. The first-order chi connectivity index (χ1) is 10.2. The first kappa shape index (κ1) is 14.3. The SMILES string of the molecule is OC(Cc1c(Cl)cccc1Cl)c1cccc2cnccc12. The number of hydrogen-bond donors (Lipinski definition) is 1. The van der Waals surface area contributed by atoms with Crippen LogP contribution in [0.1, 0.15) is 17.2 Å². The molecule has 1 heterocycles. The quantitative estimate of drug-likeness (QED) is 0.751. The van der Waals surface area contributed by atoms with Crippen LogP contribution in [0.5, 0.6) is 0 Å². The van der Waals surface area contributed by atoms with Crippen molar-refractivity contribution in [1.29, 1.82) is 0 Å². The van der Waals surface area contributed by atoms with Gasteiger partial charge in [0.15, 0.2) is 0 Å². The molecule has 0 bridgehead atoms. The Morgan fingerprint density at radius 2 is 1.71 bits per heavy atom. The molecular formula is C17H13Cl2NO. The number of rotatable bonds is 3. The van der Waals surface area contributed by atoms with Crippen molar-refractivity contribution in [2.24, 2.45) is 0 Å². The summed E-state index contributed by atoms with van der Waals surface area (Å²) in [6.07, 6.45) is 3.21. The van der Waals surface area contributed by atoms with E-state index in [1.807, 2.05) is 24.3 Å². The van der Waals surface area contributed by atoms with E-state index in [0.29, 0.717) is 16.5 Å². The second-order valence-corrected chi connectivity index (χ2v) is 5.68. The lowest BCUT2D eigenvalue weighted by Gasteiger charge is -2.15. The Morgan fingerprint density at radius 3 is 2.48 bits per heavy atom. The predicted molar refractivity (Wildman–Crippen MR) is 86.9 cm³/mol. The molecule has 0 aliphatic rings. The molecule has 0 spiro atoms. The lowest BCUT2D eigenvalue weighted by molar-refractivity contribution is 0.180. The summed E-state index contributed by atoms with van der Waals surface area (Å²) in [7, 11) is 0. The lowest BCUT2D eigenvalue weighted by atomic mass is 9.97. The van der Waals surface area contributed by atoms with Gasteiger partial charge < -0.3 is 5.11 Å². The Morgan fingerprint density at radius 1 is 1.00 bits per heavy atom. The van der Waals surface area contributed by atoms with E-state index in [9.17, 15) is 5.11 Å². The van der Waals surface area contributed by atoms with Crippen molar-refractivity contribution < 1.29 is 5.11 Å². The molecule has 0 radical (unpaired) electrons. The van der Waals surface area contributed by atoms with E-state index in [1.54, 1.807) is 30.6 Å². The average Bonchev–Trinajstić information content (AvgIpc) is 2.50. The summed E-state index contributed by atoms with van der Waals surface area (Å²) in [5.74, 6) is 0. The molecule has 1 atom stereocenters. The van der Waals surface area contributed by atoms with Crippen molar-refractivity contribution in [1.82, 2.24) is 4.98 Å². The molecule has 0 saturated carbocycles. The highest BCUT2D eigenvalue weighted by Crippen LogP contribution is 2.31. The Bertz CT molecular complexity index is 763. The van der Waals surface area contributed by atoms with Gasteiger partial charge in [0.1, 0.15) is 0 Å². The number of hydrogen-bond acceptors (Lipinski definition) is 2. The van der Waals surface area contributed by atoms with Gasteiger partial charge in [-0.3, -0.25) is 4.98 Å². The third kappa shape index (κ3) is 2.88. The molecule has 0 saturated heterocycles. The molecule has 0 aliphatic carbocycles. The number of aliphatic hydroxyl groups excluding tert-OH is 1. The number of benzene rings is 2. The van der Waals surface area contributed by atoms with Gasteiger partial charge in [0.2, 0.25) is 0 Å². The van der Waals surface area contributed by atoms with Gasteiger partial charge in [-0.25, -0.2) is 0 Å². The van der Waals surface area contributed by atoms with E-state index >= 15 is 0 Å². The van der Waals surface area contributed by atoms with Crippen LogP contribution < -0.4 is 0 Å². The minimum Gasteiger partial charge on any atom is -0.388 e. The Kier molecular flexibility index (Phi) is 4.11. The maximum absolute atomic E-state index is 10.6. The zero-order valence-electron chi connectivity index (χ0n) is 11.1.